The molecule has 1 aliphatic heterocycles. The van der Waals surface area contributed by atoms with Gasteiger partial charge in [-0.05, 0) is 43.9 Å². The minimum absolute atomic E-state index is 0.207. The number of nitrogens with one attached hydrogen (secondary N) is 2. The lowest BCUT2D eigenvalue weighted by Crippen LogP contribution is -2.48. The van der Waals surface area contributed by atoms with Crippen molar-refractivity contribution < 1.29 is 13.9 Å². The molecule has 0 amide bonds. The van der Waals surface area contributed by atoms with Crippen molar-refractivity contribution in [3.63, 3.8) is 0 Å². The maximum absolute atomic E-state index is 13.0. The molecule has 0 atom stereocenters. The van der Waals surface area contributed by atoms with Gasteiger partial charge >= 0.3 is 0 Å². The summed E-state index contributed by atoms with van der Waals surface area (Å²) >= 11 is 0. The second-order valence-corrected chi connectivity index (χ2v) is 7.61. The van der Waals surface area contributed by atoms with Crippen LogP contribution in [0.5, 0.6) is 11.5 Å². The Morgan fingerprint density at radius 2 is 1.71 bits per heavy atom. The number of anilines is 1. The van der Waals surface area contributed by atoms with Gasteiger partial charge in [0, 0.05) is 56.1 Å². The Morgan fingerprint density at radius 1 is 1.06 bits per heavy atom. The van der Waals surface area contributed by atoms with Crippen molar-refractivity contribution in [1.29, 1.82) is 0 Å². The fourth-order valence-corrected chi connectivity index (χ4v) is 3.72. The number of aliphatic imine (C=N–C) groups is 1. The van der Waals surface area contributed by atoms with Crippen LogP contribution in [0.3, 0.4) is 0 Å². The molecule has 1 fully saturated rings. The van der Waals surface area contributed by atoms with Crippen molar-refractivity contribution in [1.82, 2.24) is 10.6 Å². The van der Waals surface area contributed by atoms with Crippen LogP contribution in [-0.2, 0) is 6.42 Å². The van der Waals surface area contributed by atoms with Crippen LogP contribution in [0.15, 0.2) is 47.5 Å². The zero-order chi connectivity index (χ0) is 22.1. The summed E-state index contributed by atoms with van der Waals surface area (Å²) in [5, 5.41) is 6.90. The van der Waals surface area contributed by atoms with E-state index in [0.29, 0.717) is 12.6 Å². The zero-order valence-electron chi connectivity index (χ0n) is 18.7. The first-order valence-corrected chi connectivity index (χ1v) is 10.9. The van der Waals surface area contributed by atoms with Crippen LogP contribution in [0.2, 0.25) is 0 Å². The predicted octanol–water partition coefficient (Wildman–Crippen LogP) is 3.61. The number of benzene rings is 2. The van der Waals surface area contributed by atoms with Gasteiger partial charge < -0.3 is 25.0 Å². The first-order chi connectivity index (χ1) is 15.1. The minimum atomic E-state index is -0.207. The fourth-order valence-electron chi connectivity index (χ4n) is 3.72. The number of hydrogen-bond donors (Lipinski definition) is 2. The molecule has 3 rings (SSSR count). The molecule has 6 nitrogen and oxygen atoms in total. The van der Waals surface area contributed by atoms with E-state index in [0.717, 1.165) is 67.6 Å². The molecule has 0 radical (unpaired) electrons. The molecule has 7 heteroatoms. The Morgan fingerprint density at radius 3 is 2.29 bits per heavy atom. The molecule has 1 aliphatic rings. The largest absolute Gasteiger partial charge is 0.497 e. The van der Waals surface area contributed by atoms with Crippen molar-refractivity contribution in [2.75, 3.05) is 45.3 Å². The number of guanidine groups is 1. The Hall–Kier alpha value is -2.96. The van der Waals surface area contributed by atoms with E-state index < -0.39 is 0 Å². The average Bonchev–Trinajstić information content (AvgIpc) is 2.80. The summed E-state index contributed by atoms with van der Waals surface area (Å²) in [7, 11) is 3.35. The van der Waals surface area contributed by atoms with Crippen LogP contribution >= 0.6 is 0 Å². The molecule has 0 saturated carbocycles. The molecular formula is C24H33FN4O2. The summed E-state index contributed by atoms with van der Waals surface area (Å²) in [4.78, 5) is 7.06. The zero-order valence-corrected chi connectivity index (χ0v) is 18.7. The summed E-state index contributed by atoms with van der Waals surface area (Å²) in [6, 6.07) is 13.0. The molecule has 1 heterocycles. The summed E-state index contributed by atoms with van der Waals surface area (Å²) in [6.07, 6.45) is 2.82. The smallest absolute Gasteiger partial charge is 0.191 e. The molecule has 0 bridgehead atoms. The van der Waals surface area contributed by atoms with E-state index in [-0.39, 0.29) is 5.82 Å². The molecule has 31 heavy (non-hydrogen) atoms. The maximum atomic E-state index is 13.0. The molecule has 2 aromatic rings. The molecular weight excluding hydrogens is 395 g/mol. The van der Waals surface area contributed by atoms with E-state index in [1.54, 1.807) is 14.2 Å². The molecule has 2 N–H and O–H groups in total. The van der Waals surface area contributed by atoms with Gasteiger partial charge in [-0.1, -0.05) is 12.1 Å². The van der Waals surface area contributed by atoms with E-state index in [1.165, 1.54) is 12.1 Å². The van der Waals surface area contributed by atoms with E-state index in [2.05, 4.69) is 34.6 Å². The number of halogens is 1. The molecule has 0 unspecified atom stereocenters. The highest BCUT2D eigenvalue weighted by atomic mass is 19.1. The van der Waals surface area contributed by atoms with Gasteiger partial charge in [-0.2, -0.15) is 0 Å². The number of hydrogen-bond acceptors (Lipinski definition) is 4. The van der Waals surface area contributed by atoms with Gasteiger partial charge in [0.2, 0.25) is 0 Å². The second kappa shape index (κ2) is 11.4. The molecule has 0 spiro atoms. The standard InChI is InChI=1S/C24H33FN4O2/c1-4-26-24(27-12-9-18-5-7-19(25)8-6-18)28-20-10-13-29(14-11-20)21-15-22(30-2)17-23(16-21)31-3/h5-8,15-17,20H,4,9-14H2,1-3H3,(H2,26,27,28). The molecule has 0 aliphatic carbocycles. The van der Waals surface area contributed by atoms with Crippen LogP contribution in [0, 0.1) is 5.82 Å². The van der Waals surface area contributed by atoms with Crippen molar-refractivity contribution in [3.05, 3.63) is 53.8 Å². The van der Waals surface area contributed by atoms with E-state index in [1.807, 2.05) is 18.2 Å². The Bertz CT molecular complexity index is 827. The van der Waals surface area contributed by atoms with E-state index in [9.17, 15) is 4.39 Å². The lowest BCUT2D eigenvalue weighted by molar-refractivity contribution is 0.393. The Balaban J connectivity index is 1.53. The summed E-state index contributed by atoms with van der Waals surface area (Å²) in [5.74, 6) is 2.24. The normalized spacial score (nSPS) is 15.0. The van der Waals surface area contributed by atoms with Crippen molar-refractivity contribution in [2.45, 2.75) is 32.2 Å². The monoisotopic (exact) mass is 428 g/mol. The molecule has 168 valence electrons. The van der Waals surface area contributed by atoms with Gasteiger partial charge in [-0.15, -0.1) is 0 Å². The van der Waals surface area contributed by atoms with Gasteiger partial charge in [-0.25, -0.2) is 4.39 Å². The molecule has 0 aromatic heterocycles. The number of nitrogens with zero attached hydrogens (tertiary/aromatic N) is 2. The first-order valence-electron chi connectivity index (χ1n) is 10.9. The van der Waals surface area contributed by atoms with Crippen LogP contribution in [0.25, 0.3) is 0 Å². The van der Waals surface area contributed by atoms with Gasteiger partial charge in [0.05, 0.1) is 14.2 Å². The molecule has 1 saturated heterocycles. The Kier molecular flexibility index (Phi) is 8.38. The summed E-state index contributed by atoms with van der Waals surface area (Å²) < 4.78 is 23.9. The van der Waals surface area contributed by atoms with Crippen LogP contribution in [0.1, 0.15) is 25.3 Å². The Labute approximate surface area is 184 Å². The highest BCUT2D eigenvalue weighted by Gasteiger charge is 2.21. The highest BCUT2D eigenvalue weighted by molar-refractivity contribution is 5.80. The SMILES string of the molecule is CCNC(=NCCc1ccc(F)cc1)NC1CCN(c2cc(OC)cc(OC)c2)CC1. The van der Waals surface area contributed by atoms with Crippen molar-refractivity contribution >= 4 is 11.6 Å². The summed E-state index contributed by atoms with van der Waals surface area (Å²) in [6.45, 7) is 5.43. The van der Waals surface area contributed by atoms with Crippen molar-refractivity contribution in [2.24, 2.45) is 4.99 Å². The summed E-state index contributed by atoms with van der Waals surface area (Å²) in [5.41, 5.74) is 2.21. The van der Waals surface area contributed by atoms with Crippen LogP contribution in [-0.4, -0.2) is 52.4 Å². The third-order valence-electron chi connectivity index (χ3n) is 5.47. The number of ether oxygens (including phenoxy) is 2. The fraction of sp³-hybridized carbons (Fsp3) is 0.458. The maximum Gasteiger partial charge on any atom is 0.191 e. The number of methoxy groups -OCH3 is 2. The minimum Gasteiger partial charge on any atom is -0.497 e. The quantitative estimate of drug-likeness (QED) is 0.497. The third kappa shape index (κ3) is 6.77. The third-order valence-corrected chi connectivity index (χ3v) is 5.47. The second-order valence-electron chi connectivity index (χ2n) is 7.61. The first kappa shape index (κ1) is 22.7. The van der Waals surface area contributed by atoms with E-state index in [4.69, 9.17) is 14.5 Å². The lowest BCUT2D eigenvalue weighted by Gasteiger charge is -2.34. The predicted molar refractivity (Wildman–Crippen MR) is 124 cm³/mol. The average molecular weight is 429 g/mol. The van der Waals surface area contributed by atoms with E-state index >= 15 is 0 Å². The number of rotatable bonds is 8. The van der Waals surface area contributed by atoms with Gasteiger partial charge in [-0.3, -0.25) is 4.99 Å². The highest BCUT2D eigenvalue weighted by Crippen LogP contribution is 2.30. The topological polar surface area (TPSA) is 58.1 Å². The van der Waals surface area contributed by atoms with Crippen molar-refractivity contribution in [3.8, 4) is 11.5 Å². The van der Waals surface area contributed by atoms with Gasteiger partial charge in [0.1, 0.15) is 17.3 Å². The number of piperidine rings is 1. The van der Waals surface area contributed by atoms with Crippen LogP contribution < -0.4 is 25.0 Å². The van der Waals surface area contributed by atoms with Gasteiger partial charge in [0.15, 0.2) is 5.96 Å². The molecule has 2 aromatic carbocycles. The van der Waals surface area contributed by atoms with Crippen LogP contribution in [0.4, 0.5) is 10.1 Å². The lowest BCUT2D eigenvalue weighted by atomic mass is 10.0. The van der Waals surface area contributed by atoms with Gasteiger partial charge in [0.25, 0.3) is 0 Å².